The molecule has 1 aromatic carbocycles. The molecule has 0 aliphatic heterocycles. The Labute approximate surface area is 126 Å². The zero-order valence-corrected chi connectivity index (χ0v) is 12.2. The number of rotatable bonds is 4. The summed E-state index contributed by atoms with van der Waals surface area (Å²) >= 11 is 12.2. The molecule has 0 bridgehead atoms. The lowest BCUT2D eigenvalue weighted by Crippen LogP contribution is -2.04. The quantitative estimate of drug-likeness (QED) is 0.888. The lowest BCUT2D eigenvalue weighted by atomic mass is 10.1. The number of benzene rings is 1. The summed E-state index contributed by atoms with van der Waals surface area (Å²) in [6, 6.07) is 5.09. The number of aromatic nitrogens is 2. The molecule has 0 amide bonds. The van der Waals surface area contributed by atoms with Crippen LogP contribution in [0.3, 0.4) is 0 Å². The molecule has 9 heteroatoms. The first-order chi connectivity index (χ1) is 9.36. The normalized spacial score (nSPS) is 11.7. The van der Waals surface area contributed by atoms with E-state index in [2.05, 4.69) is 15.5 Å². The summed E-state index contributed by atoms with van der Waals surface area (Å²) < 4.78 is 37.0. The Hall–Kier alpha value is -1.05. The van der Waals surface area contributed by atoms with E-state index < -0.39 is 11.2 Å². The second-order valence-electron chi connectivity index (χ2n) is 3.82. The van der Waals surface area contributed by atoms with Crippen LogP contribution in [0.5, 0.6) is 0 Å². The third kappa shape index (κ3) is 3.97. The van der Waals surface area contributed by atoms with Crippen molar-refractivity contribution in [2.75, 3.05) is 11.9 Å². The van der Waals surface area contributed by atoms with Gasteiger partial charge in [-0.15, -0.1) is 10.2 Å². The van der Waals surface area contributed by atoms with Crippen LogP contribution < -0.4 is 5.32 Å². The molecule has 0 atom stereocenters. The highest BCUT2D eigenvalue weighted by Crippen LogP contribution is 2.33. The number of alkyl halides is 3. The summed E-state index contributed by atoms with van der Waals surface area (Å²) in [6.45, 7) is 0.397. The van der Waals surface area contributed by atoms with Crippen molar-refractivity contribution in [1.29, 1.82) is 0 Å². The topological polar surface area (TPSA) is 37.8 Å². The van der Waals surface area contributed by atoms with Crippen LogP contribution in [-0.4, -0.2) is 16.7 Å². The van der Waals surface area contributed by atoms with Crippen LogP contribution in [0.4, 0.5) is 18.3 Å². The molecule has 0 saturated carbocycles. The van der Waals surface area contributed by atoms with E-state index in [1.165, 1.54) is 0 Å². The number of anilines is 1. The standard InChI is InChI=1S/C11H8Cl2F3N3S/c12-7-2-1-6(8(13)5-7)3-4-17-10-19-18-9(20-10)11(14,15)16/h1-2,5H,3-4H2,(H,17,19). The van der Waals surface area contributed by atoms with Gasteiger partial charge in [0.05, 0.1) is 0 Å². The lowest BCUT2D eigenvalue weighted by Gasteiger charge is -2.05. The van der Waals surface area contributed by atoms with Crippen molar-refractivity contribution >= 4 is 39.7 Å². The molecule has 20 heavy (non-hydrogen) atoms. The van der Waals surface area contributed by atoms with Gasteiger partial charge in [-0.2, -0.15) is 13.2 Å². The minimum atomic E-state index is -4.46. The zero-order chi connectivity index (χ0) is 14.8. The fourth-order valence-corrected chi connectivity index (χ4v) is 2.58. The van der Waals surface area contributed by atoms with Gasteiger partial charge in [0.2, 0.25) is 10.1 Å². The monoisotopic (exact) mass is 341 g/mol. The van der Waals surface area contributed by atoms with Crippen LogP contribution in [0.2, 0.25) is 10.0 Å². The Morgan fingerprint density at radius 2 is 1.95 bits per heavy atom. The molecule has 0 aliphatic carbocycles. The minimum absolute atomic E-state index is 0.127. The van der Waals surface area contributed by atoms with Gasteiger partial charge in [-0.1, -0.05) is 40.6 Å². The van der Waals surface area contributed by atoms with Gasteiger partial charge in [0.25, 0.3) is 0 Å². The number of hydrogen-bond donors (Lipinski definition) is 1. The van der Waals surface area contributed by atoms with Crippen molar-refractivity contribution in [2.24, 2.45) is 0 Å². The smallest absolute Gasteiger partial charge is 0.360 e. The predicted molar refractivity (Wildman–Crippen MR) is 73.6 cm³/mol. The molecule has 1 aromatic heterocycles. The van der Waals surface area contributed by atoms with Gasteiger partial charge in [-0.05, 0) is 24.1 Å². The molecule has 108 valence electrons. The second-order valence-corrected chi connectivity index (χ2v) is 5.64. The van der Waals surface area contributed by atoms with Crippen LogP contribution >= 0.6 is 34.5 Å². The molecule has 0 fully saturated rings. The Kier molecular flexibility index (Phi) is 4.72. The average Bonchev–Trinajstić information content (AvgIpc) is 2.80. The Morgan fingerprint density at radius 3 is 2.55 bits per heavy atom. The van der Waals surface area contributed by atoms with Crippen LogP contribution in [0.1, 0.15) is 10.6 Å². The Bertz CT molecular complexity index is 601. The molecule has 2 rings (SSSR count). The fourth-order valence-electron chi connectivity index (χ4n) is 1.44. The maximum Gasteiger partial charge on any atom is 0.445 e. The summed E-state index contributed by atoms with van der Waals surface area (Å²) in [4.78, 5) is 0. The van der Waals surface area contributed by atoms with Crippen molar-refractivity contribution in [1.82, 2.24) is 10.2 Å². The molecule has 0 radical (unpaired) electrons. The summed E-state index contributed by atoms with van der Waals surface area (Å²) in [5.74, 6) is 0. The Morgan fingerprint density at radius 1 is 1.20 bits per heavy atom. The van der Waals surface area contributed by atoms with Crippen molar-refractivity contribution in [3.63, 3.8) is 0 Å². The molecule has 0 aliphatic rings. The first-order valence-electron chi connectivity index (χ1n) is 5.45. The molecule has 0 saturated heterocycles. The van der Waals surface area contributed by atoms with E-state index in [1.54, 1.807) is 18.2 Å². The maximum absolute atomic E-state index is 12.3. The molecule has 0 spiro atoms. The number of nitrogens with zero attached hydrogens (tertiary/aromatic N) is 2. The lowest BCUT2D eigenvalue weighted by molar-refractivity contribution is -0.138. The molecule has 1 heterocycles. The van der Waals surface area contributed by atoms with E-state index in [-0.39, 0.29) is 5.13 Å². The summed E-state index contributed by atoms with van der Waals surface area (Å²) in [5, 5.41) is 9.51. The average molecular weight is 342 g/mol. The van der Waals surface area contributed by atoms with E-state index >= 15 is 0 Å². The SMILES string of the molecule is FC(F)(F)c1nnc(NCCc2ccc(Cl)cc2Cl)s1. The minimum Gasteiger partial charge on any atom is -0.360 e. The molecular formula is C11H8Cl2F3N3S. The molecular weight excluding hydrogens is 334 g/mol. The molecule has 1 N–H and O–H groups in total. The second kappa shape index (κ2) is 6.15. The van der Waals surface area contributed by atoms with Gasteiger partial charge in [-0.3, -0.25) is 0 Å². The third-order valence-corrected chi connectivity index (χ3v) is 3.87. The van der Waals surface area contributed by atoms with Gasteiger partial charge >= 0.3 is 6.18 Å². The highest BCUT2D eigenvalue weighted by Gasteiger charge is 2.35. The summed E-state index contributed by atoms with van der Waals surface area (Å²) in [6.07, 6.45) is -3.92. The van der Waals surface area contributed by atoms with Crippen LogP contribution in [-0.2, 0) is 12.6 Å². The first-order valence-corrected chi connectivity index (χ1v) is 7.02. The zero-order valence-electron chi connectivity index (χ0n) is 9.84. The number of halogens is 5. The number of nitrogens with one attached hydrogen (secondary N) is 1. The van der Waals surface area contributed by atoms with Gasteiger partial charge in [0.15, 0.2) is 0 Å². The molecule has 0 unspecified atom stereocenters. The van der Waals surface area contributed by atoms with E-state index in [4.69, 9.17) is 23.2 Å². The highest BCUT2D eigenvalue weighted by atomic mass is 35.5. The van der Waals surface area contributed by atoms with Gasteiger partial charge in [-0.25, -0.2) is 0 Å². The third-order valence-electron chi connectivity index (χ3n) is 2.35. The van der Waals surface area contributed by atoms with E-state index in [9.17, 15) is 13.2 Å². The van der Waals surface area contributed by atoms with Crippen molar-refractivity contribution < 1.29 is 13.2 Å². The fraction of sp³-hybridized carbons (Fsp3) is 0.273. The number of hydrogen-bond acceptors (Lipinski definition) is 4. The van der Waals surface area contributed by atoms with Crippen LogP contribution in [0.25, 0.3) is 0 Å². The van der Waals surface area contributed by atoms with Crippen molar-refractivity contribution in [3.8, 4) is 0 Å². The van der Waals surface area contributed by atoms with Crippen LogP contribution in [0.15, 0.2) is 18.2 Å². The van der Waals surface area contributed by atoms with Crippen molar-refractivity contribution in [3.05, 3.63) is 38.8 Å². The predicted octanol–water partition coefficient (Wildman–Crippen LogP) is 4.52. The Balaban J connectivity index is 1.91. The molecule has 3 nitrogen and oxygen atoms in total. The van der Waals surface area contributed by atoms with Gasteiger partial charge in [0.1, 0.15) is 0 Å². The summed E-state index contributed by atoms with van der Waals surface area (Å²) in [7, 11) is 0. The largest absolute Gasteiger partial charge is 0.445 e. The van der Waals surface area contributed by atoms with Crippen LogP contribution in [0, 0.1) is 0 Å². The van der Waals surface area contributed by atoms with Gasteiger partial charge in [0, 0.05) is 16.6 Å². The molecule has 2 aromatic rings. The van der Waals surface area contributed by atoms with E-state index in [1.807, 2.05) is 0 Å². The first kappa shape index (κ1) is 15.3. The summed E-state index contributed by atoms with van der Waals surface area (Å²) in [5.41, 5.74) is 0.851. The van der Waals surface area contributed by atoms with E-state index in [0.717, 1.165) is 5.56 Å². The highest BCUT2D eigenvalue weighted by molar-refractivity contribution is 7.15. The maximum atomic E-state index is 12.3. The van der Waals surface area contributed by atoms with E-state index in [0.29, 0.717) is 34.3 Å². The van der Waals surface area contributed by atoms with Crippen molar-refractivity contribution in [2.45, 2.75) is 12.6 Å². The van der Waals surface area contributed by atoms with Gasteiger partial charge < -0.3 is 5.32 Å².